The van der Waals surface area contributed by atoms with Crippen molar-refractivity contribution in [3.8, 4) is 0 Å². The fourth-order valence-corrected chi connectivity index (χ4v) is 2.19. The first kappa shape index (κ1) is 15.3. The van der Waals surface area contributed by atoms with Crippen molar-refractivity contribution in [3.63, 3.8) is 0 Å². The molecule has 0 saturated heterocycles. The Morgan fingerprint density at radius 2 is 1.70 bits per heavy atom. The van der Waals surface area contributed by atoms with E-state index in [1.165, 1.54) is 12.1 Å². The molecule has 0 aromatic heterocycles. The van der Waals surface area contributed by atoms with Crippen LogP contribution >= 0.6 is 47.0 Å². The quantitative estimate of drug-likeness (QED) is 0.691. The summed E-state index contributed by atoms with van der Waals surface area (Å²) < 4.78 is 13.6. The van der Waals surface area contributed by atoms with Crippen molar-refractivity contribution in [3.05, 3.63) is 57.3 Å². The molecular weight excluding hydrogens is 342 g/mol. The van der Waals surface area contributed by atoms with E-state index in [4.69, 9.17) is 47.0 Å². The molecule has 7 heteroatoms. The summed E-state index contributed by atoms with van der Waals surface area (Å²) in [5.41, 5.74) is 0.746. The molecule has 20 heavy (non-hydrogen) atoms. The summed E-state index contributed by atoms with van der Waals surface area (Å²) in [5.74, 6) is -0.501. The third kappa shape index (κ3) is 3.73. The van der Waals surface area contributed by atoms with Crippen molar-refractivity contribution in [1.82, 2.24) is 0 Å². The third-order valence-electron chi connectivity index (χ3n) is 2.38. The molecule has 0 aliphatic rings. The molecule has 104 valence electrons. The van der Waals surface area contributed by atoms with Gasteiger partial charge in [-0.2, -0.15) is 0 Å². The van der Waals surface area contributed by atoms with E-state index in [2.05, 4.69) is 10.6 Å². The van der Waals surface area contributed by atoms with Gasteiger partial charge in [0.25, 0.3) is 0 Å². The summed E-state index contributed by atoms with van der Waals surface area (Å²) in [6.45, 7) is 0. The van der Waals surface area contributed by atoms with Crippen LogP contribution in [0.4, 0.5) is 15.8 Å². The van der Waals surface area contributed by atoms with Crippen molar-refractivity contribution in [1.29, 1.82) is 0 Å². The molecule has 2 aromatic carbocycles. The van der Waals surface area contributed by atoms with E-state index in [-0.39, 0.29) is 10.8 Å². The molecule has 2 nitrogen and oxygen atoms in total. The predicted octanol–water partition coefficient (Wildman–Crippen LogP) is 5.59. The first-order valence-electron chi connectivity index (χ1n) is 5.44. The predicted molar refractivity (Wildman–Crippen MR) is 87.7 cm³/mol. The van der Waals surface area contributed by atoms with Gasteiger partial charge >= 0.3 is 0 Å². The smallest absolute Gasteiger partial charge is 0.175 e. The van der Waals surface area contributed by atoms with Crippen LogP contribution in [0.3, 0.4) is 0 Å². The lowest BCUT2D eigenvalue weighted by Gasteiger charge is -2.12. The highest BCUT2D eigenvalue weighted by Gasteiger charge is 2.08. The molecule has 0 spiro atoms. The van der Waals surface area contributed by atoms with Gasteiger partial charge in [-0.1, -0.05) is 40.9 Å². The Morgan fingerprint density at radius 1 is 1.00 bits per heavy atom. The molecule has 0 fully saturated rings. The zero-order chi connectivity index (χ0) is 14.7. The fraction of sp³-hybridized carbons (Fsp3) is 0. The molecule has 0 bridgehead atoms. The minimum absolute atomic E-state index is 0.190. The Balaban J connectivity index is 2.11. The molecule has 0 radical (unpaired) electrons. The highest BCUT2D eigenvalue weighted by molar-refractivity contribution is 7.80. The average molecular weight is 350 g/mol. The summed E-state index contributed by atoms with van der Waals surface area (Å²) in [5, 5.41) is 6.81. The second-order valence-electron chi connectivity index (χ2n) is 3.80. The molecule has 0 amide bonds. The lowest BCUT2D eigenvalue weighted by atomic mass is 10.3. The average Bonchev–Trinajstić information content (AvgIpc) is 2.38. The van der Waals surface area contributed by atoms with Crippen LogP contribution in [-0.4, -0.2) is 5.11 Å². The van der Waals surface area contributed by atoms with Crippen LogP contribution in [0.25, 0.3) is 0 Å². The maximum atomic E-state index is 13.6. The molecule has 0 heterocycles. The van der Waals surface area contributed by atoms with Crippen molar-refractivity contribution in [2.45, 2.75) is 0 Å². The van der Waals surface area contributed by atoms with Gasteiger partial charge in [-0.3, -0.25) is 0 Å². The molecule has 0 aliphatic carbocycles. The van der Waals surface area contributed by atoms with Crippen LogP contribution in [0, 0.1) is 5.82 Å². The Hall–Kier alpha value is -1.07. The van der Waals surface area contributed by atoms with Gasteiger partial charge in [0.2, 0.25) is 0 Å². The molecule has 0 saturated carbocycles. The van der Waals surface area contributed by atoms with Crippen molar-refractivity contribution < 1.29 is 4.39 Å². The zero-order valence-electron chi connectivity index (χ0n) is 9.88. The number of rotatable bonds is 2. The molecule has 2 rings (SSSR count). The van der Waals surface area contributed by atoms with E-state index in [9.17, 15) is 4.39 Å². The highest BCUT2D eigenvalue weighted by Crippen LogP contribution is 2.29. The summed E-state index contributed by atoms with van der Waals surface area (Å²) in [4.78, 5) is 0. The second kappa shape index (κ2) is 6.59. The van der Waals surface area contributed by atoms with Crippen molar-refractivity contribution in [2.24, 2.45) is 0 Å². The number of hydrogen-bond acceptors (Lipinski definition) is 1. The number of halogens is 4. The molecule has 0 atom stereocenters. The van der Waals surface area contributed by atoms with E-state index in [0.717, 1.165) is 0 Å². The largest absolute Gasteiger partial charge is 0.331 e. The first-order chi connectivity index (χ1) is 9.47. The summed E-state index contributed by atoms with van der Waals surface area (Å²) >= 11 is 22.7. The number of thiocarbonyl (C=S) groups is 1. The van der Waals surface area contributed by atoms with E-state index >= 15 is 0 Å². The van der Waals surface area contributed by atoms with E-state index in [0.29, 0.717) is 20.8 Å². The van der Waals surface area contributed by atoms with Gasteiger partial charge in [0, 0.05) is 5.02 Å². The maximum absolute atomic E-state index is 13.6. The Labute approximate surface area is 135 Å². The summed E-state index contributed by atoms with van der Waals surface area (Å²) in [6.07, 6.45) is 0. The Morgan fingerprint density at radius 3 is 2.40 bits per heavy atom. The van der Waals surface area contributed by atoms with Crippen LogP contribution in [0.5, 0.6) is 0 Å². The molecule has 2 aromatic rings. The zero-order valence-corrected chi connectivity index (χ0v) is 13.0. The van der Waals surface area contributed by atoms with Gasteiger partial charge < -0.3 is 10.6 Å². The standard InChI is InChI=1S/C13H8Cl3FN2S/c14-7-4-5-10(9(17)6-7)18-13(20)19-11-3-1-2-8(15)12(11)16/h1-6H,(H2,18,19,20). The van der Waals surface area contributed by atoms with E-state index in [1.807, 2.05) is 0 Å². The van der Waals surface area contributed by atoms with Crippen LogP contribution in [0.2, 0.25) is 15.1 Å². The Kier molecular flexibility index (Phi) is 5.05. The lowest BCUT2D eigenvalue weighted by molar-refractivity contribution is 0.632. The number of anilines is 2. The van der Waals surface area contributed by atoms with Gasteiger partial charge in [0.1, 0.15) is 5.82 Å². The van der Waals surface area contributed by atoms with Gasteiger partial charge in [-0.25, -0.2) is 4.39 Å². The van der Waals surface area contributed by atoms with E-state index in [1.54, 1.807) is 24.3 Å². The second-order valence-corrected chi connectivity index (χ2v) is 5.43. The number of benzene rings is 2. The van der Waals surface area contributed by atoms with Gasteiger partial charge in [0.05, 0.1) is 21.4 Å². The molecule has 2 N–H and O–H groups in total. The van der Waals surface area contributed by atoms with Gasteiger partial charge in [-0.15, -0.1) is 0 Å². The topological polar surface area (TPSA) is 24.1 Å². The van der Waals surface area contributed by atoms with Crippen LogP contribution < -0.4 is 10.6 Å². The first-order valence-corrected chi connectivity index (χ1v) is 6.98. The minimum atomic E-state index is -0.501. The van der Waals surface area contributed by atoms with Crippen molar-refractivity contribution >= 4 is 63.5 Å². The van der Waals surface area contributed by atoms with Crippen molar-refractivity contribution in [2.75, 3.05) is 10.6 Å². The maximum Gasteiger partial charge on any atom is 0.175 e. The van der Waals surface area contributed by atoms with Gasteiger partial charge in [0.15, 0.2) is 5.11 Å². The number of nitrogens with one attached hydrogen (secondary N) is 2. The normalized spacial score (nSPS) is 10.2. The number of hydrogen-bond donors (Lipinski definition) is 2. The fourth-order valence-electron chi connectivity index (χ4n) is 1.47. The third-order valence-corrected chi connectivity index (χ3v) is 3.64. The van der Waals surface area contributed by atoms with Gasteiger partial charge in [-0.05, 0) is 42.5 Å². The van der Waals surface area contributed by atoms with Crippen LogP contribution in [-0.2, 0) is 0 Å². The summed E-state index contributed by atoms with van der Waals surface area (Å²) in [6, 6.07) is 9.33. The highest BCUT2D eigenvalue weighted by atomic mass is 35.5. The van der Waals surface area contributed by atoms with E-state index < -0.39 is 5.82 Å². The molecule has 0 aliphatic heterocycles. The molecule has 0 unspecified atom stereocenters. The monoisotopic (exact) mass is 348 g/mol. The minimum Gasteiger partial charge on any atom is -0.331 e. The van der Waals surface area contributed by atoms with Crippen LogP contribution in [0.1, 0.15) is 0 Å². The SMILES string of the molecule is Fc1cc(Cl)ccc1NC(=S)Nc1cccc(Cl)c1Cl. The lowest BCUT2D eigenvalue weighted by Crippen LogP contribution is -2.20. The Bertz CT molecular complexity index is 664. The summed E-state index contributed by atoms with van der Waals surface area (Å²) in [7, 11) is 0. The molecular formula is C13H8Cl3FN2S. The van der Waals surface area contributed by atoms with Crippen LogP contribution in [0.15, 0.2) is 36.4 Å².